The second-order valence-corrected chi connectivity index (χ2v) is 5.93. The van der Waals surface area contributed by atoms with Gasteiger partial charge in [0.05, 0.1) is 11.3 Å². The molecule has 5 nitrogen and oxygen atoms in total. The summed E-state index contributed by atoms with van der Waals surface area (Å²) in [5.41, 5.74) is 1.34. The van der Waals surface area contributed by atoms with Crippen molar-refractivity contribution in [2.45, 2.75) is 39.7 Å². The molecule has 1 heterocycles. The van der Waals surface area contributed by atoms with Crippen molar-refractivity contribution in [2.24, 2.45) is 5.92 Å². The fourth-order valence-electron chi connectivity index (χ4n) is 2.87. The van der Waals surface area contributed by atoms with Crippen LogP contribution in [0.5, 0.6) is 0 Å². The van der Waals surface area contributed by atoms with Gasteiger partial charge in [0.25, 0.3) is 0 Å². The van der Waals surface area contributed by atoms with Gasteiger partial charge in [-0.05, 0) is 37.8 Å². The first-order valence-corrected chi connectivity index (χ1v) is 7.31. The molecule has 1 saturated heterocycles. The number of amides is 2. The quantitative estimate of drug-likeness (QED) is 0.897. The lowest BCUT2D eigenvalue weighted by Gasteiger charge is -2.28. The number of anilines is 1. The van der Waals surface area contributed by atoms with Crippen molar-refractivity contribution in [2.75, 3.05) is 11.9 Å². The highest BCUT2D eigenvalue weighted by molar-refractivity contribution is 6.00. The zero-order valence-electron chi connectivity index (χ0n) is 12.7. The van der Waals surface area contributed by atoms with E-state index in [-0.39, 0.29) is 17.6 Å². The summed E-state index contributed by atoms with van der Waals surface area (Å²) in [6.45, 7) is 6.76. The lowest BCUT2D eigenvalue weighted by molar-refractivity contribution is 0.0698. The Kier molecular flexibility index (Phi) is 4.50. The predicted molar refractivity (Wildman–Crippen MR) is 81.7 cm³/mol. The minimum atomic E-state index is -1.03. The number of carboxylic acids is 1. The predicted octanol–water partition coefficient (Wildman–Crippen LogP) is 3.35. The molecule has 5 heteroatoms. The van der Waals surface area contributed by atoms with Gasteiger partial charge in [0.15, 0.2) is 0 Å². The van der Waals surface area contributed by atoms with Crippen LogP contribution in [0.3, 0.4) is 0 Å². The summed E-state index contributed by atoms with van der Waals surface area (Å²) in [5.74, 6) is -0.633. The molecule has 0 radical (unpaired) electrons. The maximum atomic E-state index is 12.4. The van der Waals surface area contributed by atoms with E-state index in [1.165, 1.54) is 0 Å². The van der Waals surface area contributed by atoms with Gasteiger partial charge in [-0.25, -0.2) is 9.59 Å². The van der Waals surface area contributed by atoms with Crippen molar-refractivity contribution in [3.8, 4) is 0 Å². The van der Waals surface area contributed by atoms with E-state index in [9.17, 15) is 14.7 Å². The van der Waals surface area contributed by atoms with Gasteiger partial charge < -0.3 is 15.3 Å². The number of hydrogen-bond acceptors (Lipinski definition) is 2. The average Bonchev–Trinajstić information content (AvgIpc) is 2.90. The Labute approximate surface area is 125 Å². The van der Waals surface area contributed by atoms with Crippen molar-refractivity contribution in [3.05, 3.63) is 29.3 Å². The highest BCUT2D eigenvalue weighted by Crippen LogP contribution is 2.25. The summed E-state index contributed by atoms with van der Waals surface area (Å²) in [4.78, 5) is 25.5. The Morgan fingerprint density at radius 2 is 2.10 bits per heavy atom. The summed E-state index contributed by atoms with van der Waals surface area (Å²) < 4.78 is 0. The van der Waals surface area contributed by atoms with Crippen molar-refractivity contribution in [1.82, 2.24) is 4.90 Å². The number of aromatic carboxylic acids is 1. The number of nitrogens with zero attached hydrogens (tertiary/aromatic N) is 1. The largest absolute Gasteiger partial charge is 0.478 e. The summed E-state index contributed by atoms with van der Waals surface area (Å²) in [5, 5.41) is 12.0. The molecule has 0 aromatic heterocycles. The Bertz CT molecular complexity index is 554. The first-order chi connectivity index (χ1) is 9.90. The molecule has 114 valence electrons. The molecular weight excluding hydrogens is 268 g/mol. The van der Waals surface area contributed by atoms with Crippen molar-refractivity contribution >= 4 is 17.7 Å². The summed E-state index contributed by atoms with van der Waals surface area (Å²) in [6.07, 6.45) is 2.00. The maximum Gasteiger partial charge on any atom is 0.337 e. The van der Waals surface area contributed by atoms with E-state index in [2.05, 4.69) is 19.2 Å². The Hall–Kier alpha value is -2.04. The molecule has 1 fully saturated rings. The van der Waals surface area contributed by atoms with E-state index >= 15 is 0 Å². The third kappa shape index (κ3) is 3.35. The van der Waals surface area contributed by atoms with Gasteiger partial charge in [0, 0.05) is 12.6 Å². The monoisotopic (exact) mass is 290 g/mol. The molecule has 2 rings (SSSR count). The number of aryl methyl sites for hydroxylation is 1. The van der Waals surface area contributed by atoms with Crippen LogP contribution in [0.25, 0.3) is 0 Å². The number of carbonyl (C=O) groups is 2. The molecule has 1 unspecified atom stereocenters. The van der Waals surface area contributed by atoms with Gasteiger partial charge in [-0.15, -0.1) is 0 Å². The molecule has 0 aliphatic carbocycles. The number of carbonyl (C=O) groups excluding carboxylic acids is 1. The van der Waals surface area contributed by atoms with Crippen LogP contribution >= 0.6 is 0 Å². The zero-order chi connectivity index (χ0) is 15.6. The molecule has 1 aromatic carbocycles. The van der Waals surface area contributed by atoms with Crippen LogP contribution < -0.4 is 5.32 Å². The molecule has 0 spiro atoms. The van der Waals surface area contributed by atoms with Gasteiger partial charge in [0.2, 0.25) is 0 Å². The van der Waals surface area contributed by atoms with Gasteiger partial charge in [-0.2, -0.15) is 0 Å². The number of hydrogen-bond donors (Lipinski definition) is 2. The minimum absolute atomic E-state index is 0.128. The van der Waals surface area contributed by atoms with Crippen LogP contribution in [0.1, 0.15) is 42.6 Å². The number of likely N-dealkylation sites (tertiary alicyclic amines) is 1. The first kappa shape index (κ1) is 15.4. The second-order valence-electron chi connectivity index (χ2n) is 5.93. The highest BCUT2D eigenvalue weighted by Gasteiger charge is 2.31. The van der Waals surface area contributed by atoms with Crippen LogP contribution in [-0.2, 0) is 0 Å². The lowest BCUT2D eigenvalue weighted by atomic mass is 10.0. The summed E-state index contributed by atoms with van der Waals surface area (Å²) in [7, 11) is 0. The number of benzene rings is 1. The molecule has 0 bridgehead atoms. The van der Waals surface area contributed by atoms with E-state index in [1.54, 1.807) is 18.2 Å². The van der Waals surface area contributed by atoms with Crippen LogP contribution in [-0.4, -0.2) is 34.6 Å². The topological polar surface area (TPSA) is 69.6 Å². The average molecular weight is 290 g/mol. The number of rotatable bonds is 3. The molecule has 1 aromatic rings. The Morgan fingerprint density at radius 3 is 2.71 bits per heavy atom. The Balaban J connectivity index is 2.18. The maximum absolute atomic E-state index is 12.4. The van der Waals surface area contributed by atoms with Crippen LogP contribution in [0.2, 0.25) is 0 Å². The van der Waals surface area contributed by atoms with E-state index in [1.807, 2.05) is 11.8 Å². The van der Waals surface area contributed by atoms with Gasteiger partial charge in [0.1, 0.15) is 0 Å². The van der Waals surface area contributed by atoms with Gasteiger partial charge in [-0.1, -0.05) is 25.5 Å². The van der Waals surface area contributed by atoms with Crippen molar-refractivity contribution < 1.29 is 14.7 Å². The molecule has 21 heavy (non-hydrogen) atoms. The molecule has 1 atom stereocenters. The first-order valence-electron chi connectivity index (χ1n) is 7.31. The van der Waals surface area contributed by atoms with Crippen molar-refractivity contribution in [3.63, 3.8) is 0 Å². The van der Waals surface area contributed by atoms with Crippen molar-refractivity contribution in [1.29, 1.82) is 0 Å². The smallest absolute Gasteiger partial charge is 0.337 e. The highest BCUT2D eigenvalue weighted by atomic mass is 16.4. The standard InChI is InChI=1S/C16H22N2O3/c1-10(2)14-5-4-8-18(14)16(21)17-13-7-6-11(3)9-12(13)15(19)20/h6-7,9-10,14H,4-5,8H2,1-3H3,(H,17,21)(H,19,20). The fourth-order valence-corrected chi connectivity index (χ4v) is 2.87. The molecular formula is C16H22N2O3. The van der Waals surface area contributed by atoms with Crippen LogP contribution in [0.4, 0.5) is 10.5 Å². The second kappa shape index (κ2) is 6.16. The SMILES string of the molecule is Cc1ccc(NC(=O)N2CCCC2C(C)C)c(C(=O)O)c1. The van der Waals surface area contributed by atoms with Gasteiger partial charge >= 0.3 is 12.0 Å². The molecule has 1 aliphatic rings. The molecule has 0 saturated carbocycles. The Morgan fingerprint density at radius 1 is 1.38 bits per heavy atom. The van der Waals surface area contributed by atoms with Crippen LogP contribution in [0, 0.1) is 12.8 Å². The van der Waals surface area contributed by atoms with Crippen LogP contribution in [0.15, 0.2) is 18.2 Å². The third-order valence-electron chi connectivity index (χ3n) is 3.98. The van der Waals surface area contributed by atoms with E-state index in [0.29, 0.717) is 11.6 Å². The fraction of sp³-hybridized carbons (Fsp3) is 0.500. The number of urea groups is 1. The number of carboxylic acid groups (broad SMARTS) is 1. The third-order valence-corrected chi connectivity index (χ3v) is 3.98. The summed E-state index contributed by atoms with van der Waals surface area (Å²) >= 11 is 0. The molecule has 2 N–H and O–H groups in total. The van der Waals surface area contributed by atoms with E-state index in [4.69, 9.17) is 0 Å². The van der Waals surface area contributed by atoms with Gasteiger partial charge in [-0.3, -0.25) is 0 Å². The van der Waals surface area contributed by atoms with E-state index in [0.717, 1.165) is 24.9 Å². The van der Waals surface area contributed by atoms with E-state index < -0.39 is 5.97 Å². The summed E-state index contributed by atoms with van der Waals surface area (Å²) in [6, 6.07) is 5.03. The molecule has 2 amide bonds. The minimum Gasteiger partial charge on any atom is -0.478 e. The zero-order valence-corrected chi connectivity index (χ0v) is 12.7. The lowest BCUT2D eigenvalue weighted by Crippen LogP contribution is -2.41. The normalized spacial score (nSPS) is 18.1. The number of nitrogens with one attached hydrogen (secondary N) is 1. The molecule has 1 aliphatic heterocycles.